The fourth-order valence-electron chi connectivity index (χ4n) is 2.07. The highest BCUT2D eigenvalue weighted by Gasteiger charge is 2.22. The van der Waals surface area contributed by atoms with Gasteiger partial charge in [0.2, 0.25) is 0 Å². The minimum Gasteiger partial charge on any atom is -0.376 e. The SMILES string of the molecule is CC(C)c1ccc(N2CCOCC2C#N)cc1. The largest absolute Gasteiger partial charge is 0.376 e. The molecule has 0 N–H and O–H groups in total. The van der Waals surface area contributed by atoms with Crippen LogP contribution in [0.15, 0.2) is 24.3 Å². The van der Waals surface area contributed by atoms with Crippen molar-refractivity contribution in [2.24, 2.45) is 0 Å². The molecule has 3 heteroatoms. The number of rotatable bonds is 2. The van der Waals surface area contributed by atoms with Crippen LogP contribution in [0.5, 0.6) is 0 Å². The highest BCUT2D eigenvalue weighted by molar-refractivity contribution is 5.50. The first kappa shape index (κ1) is 11.9. The van der Waals surface area contributed by atoms with E-state index in [1.54, 1.807) is 0 Å². The Kier molecular flexibility index (Phi) is 3.65. The highest BCUT2D eigenvalue weighted by atomic mass is 16.5. The molecule has 0 aliphatic carbocycles. The molecule has 0 bridgehead atoms. The standard InChI is InChI=1S/C14H18N2O/c1-11(2)12-3-5-13(6-4-12)16-7-8-17-10-14(16)9-15/h3-6,11,14H,7-8,10H2,1-2H3. The van der Waals surface area contributed by atoms with Crippen molar-refractivity contribution in [1.82, 2.24) is 0 Å². The van der Waals surface area contributed by atoms with Crippen LogP contribution < -0.4 is 4.90 Å². The number of hydrogen-bond acceptors (Lipinski definition) is 3. The van der Waals surface area contributed by atoms with Crippen LogP contribution in [0.2, 0.25) is 0 Å². The van der Waals surface area contributed by atoms with E-state index >= 15 is 0 Å². The molecule has 1 aromatic carbocycles. The van der Waals surface area contributed by atoms with Crippen LogP contribution in [0, 0.1) is 11.3 Å². The topological polar surface area (TPSA) is 36.3 Å². The van der Waals surface area contributed by atoms with Gasteiger partial charge in [0.15, 0.2) is 0 Å². The first-order chi connectivity index (χ1) is 8.22. The van der Waals surface area contributed by atoms with Gasteiger partial charge >= 0.3 is 0 Å². The number of nitriles is 1. The Balaban J connectivity index is 2.18. The number of nitrogens with zero attached hydrogens (tertiary/aromatic N) is 2. The third-order valence-corrected chi connectivity index (χ3v) is 3.17. The molecule has 0 saturated carbocycles. The number of benzene rings is 1. The van der Waals surface area contributed by atoms with Crippen LogP contribution in [0.3, 0.4) is 0 Å². The molecule has 17 heavy (non-hydrogen) atoms. The van der Waals surface area contributed by atoms with Crippen LogP contribution in [0.1, 0.15) is 25.3 Å². The summed E-state index contributed by atoms with van der Waals surface area (Å²) in [6.07, 6.45) is 0. The first-order valence-corrected chi connectivity index (χ1v) is 6.06. The van der Waals surface area contributed by atoms with Crippen LogP contribution in [-0.2, 0) is 4.74 Å². The summed E-state index contributed by atoms with van der Waals surface area (Å²) in [5, 5.41) is 9.09. The van der Waals surface area contributed by atoms with Crippen molar-refractivity contribution < 1.29 is 4.74 Å². The Labute approximate surface area is 103 Å². The number of ether oxygens (including phenoxy) is 1. The average Bonchev–Trinajstić information content (AvgIpc) is 2.39. The fourth-order valence-corrected chi connectivity index (χ4v) is 2.07. The second kappa shape index (κ2) is 5.20. The van der Waals surface area contributed by atoms with Gasteiger partial charge in [-0.25, -0.2) is 0 Å². The molecule has 90 valence electrons. The molecule has 1 saturated heterocycles. The van der Waals surface area contributed by atoms with E-state index in [0.717, 1.165) is 12.2 Å². The lowest BCUT2D eigenvalue weighted by atomic mass is 10.0. The van der Waals surface area contributed by atoms with Crippen LogP contribution in [0.25, 0.3) is 0 Å². The smallest absolute Gasteiger partial charge is 0.140 e. The highest BCUT2D eigenvalue weighted by Crippen LogP contribution is 2.22. The average molecular weight is 230 g/mol. The predicted molar refractivity (Wildman–Crippen MR) is 68.1 cm³/mol. The Bertz CT molecular complexity index is 405. The maximum Gasteiger partial charge on any atom is 0.140 e. The zero-order valence-corrected chi connectivity index (χ0v) is 10.4. The molecule has 0 aromatic heterocycles. The van der Waals surface area contributed by atoms with Gasteiger partial charge in [-0.2, -0.15) is 5.26 Å². The van der Waals surface area contributed by atoms with E-state index in [1.807, 2.05) is 0 Å². The number of hydrogen-bond donors (Lipinski definition) is 0. The molecular formula is C14H18N2O. The predicted octanol–water partition coefficient (Wildman–Crippen LogP) is 2.54. The lowest BCUT2D eigenvalue weighted by Gasteiger charge is -2.33. The van der Waals surface area contributed by atoms with Gasteiger partial charge in [0.25, 0.3) is 0 Å². The summed E-state index contributed by atoms with van der Waals surface area (Å²) in [5.41, 5.74) is 2.44. The van der Waals surface area contributed by atoms with E-state index in [2.05, 4.69) is 49.1 Å². The van der Waals surface area contributed by atoms with E-state index in [4.69, 9.17) is 10.00 Å². The second-order valence-corrected chi connectivity index (χ2v) is 4.66. The van der Waals surface area contributed by atoms with Gasteiger partial charge in [0.1, 0.15) is 6.04 Å². The maximum atomic E-state index is 9.09. The van der Waals surface area contributed by atoms with Gasteiger partial charge in [-0.1, -0.05) is 26.0 Å². The molecule has 1 unspecified atom stereocenters. The van der Waals surface area contributed by atoms with Crippen molar-refractivity contribution in [1.29, 1.82) is 5.26 Å². The van der Waals surface area contributed by atoms with Crippen molar-refractivity contribution in [2.45, 2.75) is 25.8 Å². The maximum absolute atomic E-state index is 9.09. The lowest BCUT2D eigenvalue weighted by Crippen LogP contribution is -2.44. The second-order valence-electron chi connectivity index (χ2n) is 4.66. The van der Waals surface area contributed by atoms with E-state index in [9.17, 15) is 0 Å². The summed E-state index contributed by atoms with van der Waals surface area (Å²) < 4.78 is 5.32. The van der Waals surface area contributed by atoms with E-state index in [1.165, 1.54) is 5.56 Å². The first-order valence-electron chi connectivity index (χ1n) is 6.06. The summed E-state index contributed by atoms with van der Waals surface area (Å²) in [6, 6.07) is 10.6. The molecule has 1 heterocycles. The van der Waals surface area contributed by atoms with Crippen molar-refractivity contribution in [2.75, 3.05) is 24.7 Å². The van der Waals surface area contributed by atoms with Crippen LogP contribution >= 0.6 is 0 Å². The summed E-state index contributed by atoms with van der Waals surface area (Å²) >= 11 is 0. The molecule has 1 aliphatic heterocycles. The number of anilines is 1. The number of morpholine rings is 1. The van der Waals surface area contributed by atoms with Gasteiger partial charge < -0.3 is 9.64 Å². The summed E-state index contributed by atoms with van der Waals surface area (Å²) in [6.45, 7) is 6.36. The van der Waals surface area contributed by atoms with Gasteiger partial charge in [0, 0.05) is 12.2 Å². The van der Waals surface area contributed by atoms with Gasteiger partial charge in [-0.3, -0.25) is 0 Å². The minimum absolute atomic E-state index is 0.159. The van der Waals surface area contributed by atoms with Gasteiger partial charge in [-0.15, -0.1) is 0 Å². The Morgan fingerprint density at radius 2 is 2.06 bits per heavy atom. The lowest BCUT2D eigenvalue weighted by molar-refractivity contribution is 0.107. The van der Waals surface area contributed by atoms with Crippen molar-refractivity contribution >= 4 is 5.69 Å². The molecule has 0 radical (unpaired) electrons. The van der Waals surface area contributed by atoms with Crippen molar-refractivity contribution in [3.8, 4) is 6.07 Å². The molecule has 0 spiro atoms. The quantitative estimate of drug-likeness (QED) is 0.783. The van der Waals surface area contributed by atoms with Crippen LogP contribution in [0.4, 0.5) is 5.69 Å². The zero-order valence-electron chi connectivity index (χ0n) is 10.4. The fraction of sp³-hybridized carbons (Fsp3) is 0.500. The van der Waals surface area contributed by atoms with Crippen molar-refractivity contribution in [3.63, 3.8) is 0 Å². The molecule has 1 fully saturated rings. The normalized spacial score (nSPS) is 20.4. The molecule has 1 aromatic rings. The van der Waals surface area contributed by atoms with E-state index in [0.29, 0.717) is 19.1 Å². The third kappa shape index (κ3) is 2.59. The minimum atomic E-state index is -0.159. The zero-order chi connectivity index (χ0) is 12.3. The van der Waals surface area contributed by atoms with Crippen LogP contribution in [-0.4, -0.2) is 25.8 Å². The Morgan fingerprint density at radius 1 is 1.35 bits per heavy atom. The Hall–Kier alpha value is -1.53. The molecule has 1 aliphatic rings. The monoisotopic (exact) mass is 230 g/mol. The molecule has 1 atom stereocenters. The molecule has 3 nitrogen and oxygen atoms in total. The summed E-state index contributed by atoms with van der Waals surface area (Å²) in [4.78, 5) is 2.12. The summed E-state index contributed by atoms with van der Waals surface area (Å²) in [7, 11) is 0. The van der Waals surface area contributed by atoms with Gasteiger partial charge in [-0.05, 0) is 23.6 Å². The van der Waals surface area contributed by atoms with E-state index < -0.39 is 0 Å². The molecular weight excluding hydrogens is 212 g/mol. The van der Waals surface area contributed by atoms with E-state index in [-0.39, 0.29) is 6.04 Å². The molecule has 0 amide bonds. The summed E-state index contributed by atoms with van der Waals surface area (Å²) in [5.74, 6) is 0.542. The Morgan fingerprint density at radius 3 is 2.65 bits per heavy atom. The van der Waals surface area contributed by atoms with Gasteiger partial charge in [0.05, 0.1) is 19.3 Å². The third-order valence-electron chi connectivity index (χ3n) is 3.17. The molecule has 2 rings (SSSR count). The van der Waals surface area contributed by atoms with Crippen molar-refractivity contribution in [3.05, 3.63) is 29.8 Å².